The van der Waals surface area contributed by atoms with Crippen LogP contribution in [0.2, 0.25) is 0 Å². The van der Waals surface area contributed by atoms with Crippen molar-refractivity contribution in [2.24, 2.45) is 0 Å². The molecule has 0 bridgehead atoms. The molecule has 2 heterocycles. The van der Waals surface area contributed by atoms with Gasteiger partial charge < -0.3 is 34.3 Å². The number of methoxy groups -OCH3 is 1. The minimum Gasteiger partial charge on any atom is -0.496 e. The van der Waals surface area contributed by atoms with Gasteiger partial charge in [0.1, 0.15) is 18.0 Å². The van der Waals surface area contributed by atoms with Gasteiger partial charge in [0.15, 0.2) is 6.04 Å². The lowest BCUT2D eigenvalue weighted by atomic mass is 9.79. The molecule has 0 fully saturated rings. The van der Waals surface area contributed by atoms with Crippen molar-refractivity contribution in [1.29, 1.82) is 5.26 Å². The van der Waals surface area contributed by atoms with Gasteiger partial charge in [0.2, 0.25) is 5.88 Å². The molecule has 2 atom stereocenters. The third-order valence-corrected chi connectivity index (χ3v) is 6.38. The molecule has 1 aliphatic rings. The third kappa shape index (κ3) is 7.74. The number of nitrogens with zero attached hydrogens (tertiary/aromatic N) is 2. The minimum atomic E-state index is -1.32. The summed E-state index contributed by atoms with van der Waals surface area (Å²) in [6, 6.07) is 5.69. The number of rotatable bonds is 10. The second kappa shape index (κ2) is 13.9. The number of fused-ring (bicyclic) bond motifs is 1. The van der Waals surface area contributed by atoms with Gasteiger partial charge in [-0.2, -0.15) is 5.26 Å². The summed E-state index contributed by atoms with van der Waals surface area (Å²) in [5.41, 5.74) is 2.90. The second-order valence-corrected chi connectivity index (χ2v) is 10.7. The van der Waals surface area contributed by atoms with Gasteiger partial charge in [-0.3, -0.25) is 0 Å². The molecule has 1 aromatic heterocycles. The quantitative estimate of drug-likeness (QED) is 0.295. The minimum absolute atomic E-state index is 0.0529. The van der Waals surface area contributed by atoms with E-state index in [0.29, 0.717) is 46.3 Å². The van der Waals surface area contributed by atoms with E-state index in [-0.39, 0.29) is 12.2 Å². The van der Waals surface area contributed by atoms with Crippen molar-refractivity contribution in [3.8, 4) is 17.7 Å². The fourth-order valence-electron chi connectivity index (χ4n) is 4.61. The number of pyridine rings is 1. The van der Waals surface area contributed by atoms with E-state index in [4.69, 9.17) is 23.7 Å². The lowest BCUT2D eigenvalue weighted by Gasteiger charge is -2.33. The smallest absolute Gasteiger partial charge is 0.408 e. The summed E-state index contributed by atoms with van der Waals surface area (Å²) in [5.74, 6) is -1.67. The third-order valence-electron chi connectivity index (χ3n) is 6.38. The number of ether oxygens (including phenoxy) is 5. The topological polar surface area (TPSA) is 158 Å². The number of hydrogen-bond donors (Lipinski definition) is 2. The fourth-order valence-corrected chi connectivity index (χ4v) is 4.61. The number of hydrogen-bond acceptors (Lipinski definition) is 11. The second-order valence-electron chi connectivity index (χ2n) is 10.7. The Balaban J connectivity index is 2.08. The van der Waals surface area contributed by atoms with E-state index in [2.05, 4.69) is 21.7 Å². The predicted octanol–water partition coefficient (Wildman–Crippen LogP) is 4.50. The number of carbonyl (C=O) groups excluding carboxylic acids is 3. The highest BCUT2D eigenvalue weighted by Gasteiger charge is 2.39. The van der Waals surface area contributed by atoms with Gasteiger partial charge in [-0.05, 0) is 66.2 Å². The summed E-state index contributed by atoms with van der Waals surface area (Å²) >= 11 is 0. The summed E-state index contributed by atoms with van der Waals surface area (Å²) in [6.07, 6.45) is 0.806. The standard InChI is InChI=1S/C31H38N4O8/c1-9-40-27-25-24(20-12-11-19(14-32)13-22(20)39-8)23(18(4)34-26(25)17(3)15-33-27)29(37)42-16-21(28(36)41-10-2)35-30(38)43-31(5,6)7/h11-13,15,21,24,34H,9-10,16H2,1-8H3,(H,35,38)/t21-,24+/m0/s1. The highest BCUT2D eigenvalue weighted by molar-refractivity contribution is 5.96. The molecule has 1 amide bonds. The molecule has 3 rings (SSSR count). The van der Waals surface area contributed by atoms with Crippen LogP contribution in [0.3, 0.4) is 0 Å². The summed E-state index contributed by atoms with van der Waals surface area (Å²) in [5, 5.41) is 15.2. The number of carbonyl (C=O) groups is 3. The zero-order valence-electron chi connectivity index (χ0n) is 25.7. The average Bonchev–Trinajstić information content (AvgIpc) is 2.94. The number of nitrogens with one attached hydrogen (secondary N) is 2. The molecule has 0 aliphatic carbocycles. The molecule has 0 saturated carbocycles. The number of anilines is 1. The molecule has 2 aromatic rings. The zero-order chi connectivity index (χ0) is 31.9. The van der Waals surface area contributed by atoms with Crippen LogP contribution >= 0.6 is 0 Å². The Hall–Kier alpha value is -4.79. The van der Waals surface area contributed by atoms with E-state index >= 15 is 0 Å². The van der Waals surface area contributed by atoms with Crippen molar-refractivity contribution in [2.45, 2.75) is 66.0 Å². The zero-order valence-corrected chi connectivity index (χ0v) is 25.7. The maximum Gasteiger partial charge on any atom is 0.408 e. The monoisotopic (exact) mass is 594 g/mol. The van der Waals surface area contributed by atoms with Gasteiger partial charge in [0.05, 0.1) is 54.7 Å². The lowest BCUT2D eigenvalue weighted by molar-refractivity contribution is -0.150. The molecule has 0 spiro atoms. The molecular formula is C31H38N4O8. The summed E-state index contributed by atoms with van der Waals surface area (Å²) < 4.78 is 27.6. The Morgan fingerprint density at radius 3 is 2.47 bits per heavy atom. The van der Waals surface area contributed by atoms with Gasteiger partial charge in [-0.15, -0.1) is 0 Å². The van der Waals surface area contributed by atoms with Gasteiger partial charge in [-0.1, -0.05) is 6.07 Å². The largest absolute Gasteiger partial charge is 0.496 e. The molecule has 0 radical (unpaired) electrons. The SMILES string of the molecule is CCOC(=O)[C@H](COC(=O)C1=C(C)Nc2c(C)cnc(OCC)c2[C@@H]1c1ccc(C#N)cc1OC)NC(=O)OC(C)(C)C. The van der Waals surface area contributed by atoms with Crippen molar-refractivity contribution in [3.63, 3.8) is 0 Å². The van der Waals surface area contributed by atoms with E-state index in [1.807, 2.05) is 13.8 Å². The van der Waals surface area contributed by atoms with Crippen LogP contribution < -0.4 is 20.1 Å². The van der Waals surface area contributed by atoms with Crippen LogP contribution in [-0.2, 0) is 23.8 Å². The predicted molar refractivity (Wildman–Crippen MR) is 157 cm³/mol. The summed E-state index contributed by atoms with van der Waals surface area (Å²) in [7, 11) is 1.47. The number of aryl methyl sites for hydroxylation is 1. The molecule has 1 aromatic carbocycles. The van der Waals surface area contributed by atoms with Gasteiger partial charge in [-0.25, -0.2) is 19.4 Å². The molecule has 12 nitrogen and oxygen atoms in total. The molecule has 43 heavy (non-hydrogen) atoms. The number of aromatic nitrogens is 1. The van der Waals surface area contributed by atoms with E-state index < -0.39 is 42.2 Å². The average molecular weight is 595 g/mol. The van der Waals surface area contributed by atoms with Crippen molar-refractivity contribution in [1.82, 2.24) is 10.3 Å². The fraction of sp³-hybridized carbons (Fsp3) is 0.452. The summed E-state index contributed by atoms with van der Waals surface area (Å²) in [6.45, 7) is 11.9. The van der Waals surface area contributed by atoms with Gasteiger partial charge in [0, 0.05) is 17.5 Å². The van der Waals surface area contributed by atoms with Crippen LogP contribution in [0.4, 0.5) is 10.5 Å². The van der Waals surface area contributed by atoms with Crippen LogP contribution in [0.5, 0.6) is 11.6 Å². The Morgan fingerprint density at radius 2 is 1.86 bits per heavy atom. The highest BCUT2D eigenvalue weighted by Crippen LogP contribution is 2.49. The Bertz CT molecular complexity index is 1450. The Labute approximate surface area is 251 Å². The lowest BCUT2D eigenvalue weighted by Crippen LogP contribution is -2.47. The normalized spacial score (nSPS) is 14.8. The van der Waals surface area contributed by atoms with Crippen molar-refractivity contribution in [3.05, 3.63) is 57.9 Å². The van der Waals surface area contributed by atoms with E-state index in [9.17, 15) is 19.6 Å². The molecule has 2 N–H and O–H groups in total. The van der Waals surface area contributed by atoms with Crippen LogP contribution in [-0.4, -0.2) is 61.6 Å². The van der Waals surface area contributed by atoms with Crippen molar-refractivity contribution >= 4 is 23.7 Å². The van der Waals surface area contributed by atoms with Crippen LogP contribution in [0, 0.1) is 18.3 Å². The molecule has 230 valence electrons. The Morgan fingerprint density at radius 1 is 1.14 bits per heavy atom. The van der Waals surface area contributed by atoms with Crippen LogP contribution in [0.1, 0.15) is 69.7 Å². The number of alkyl carbamates (subject to hydrolysis) is 1. The maximum absolute atomic E-state index is 13.9. The molecular weight excluding hydrogens is 556 g/mol. The first-order valence-electron chi connectivity index (χ1n) is 13.9. The number of esters is 2. The summed E-state index contributed by atoms with van der Waals surface area (Å²) in [4.78, 5) is 43.5. The number of benzene rings is 1. The van der Waals surface area contributed by atoms with Crippen LogP contribution in [0.15, 0.2) is 35.7 Å². The van der Waals surface area contributed by atoms with E-state index in [1.54, 1.807) is 59.0 Å². The van der Waals surface area contributed by atoms with Crippen molar-refractivity contribution in [2.75, 3.05) is 32.2 Å². The number of allylic oxidation sites excluding steroid dienone is 1. The number of nitriles is 1. The molecule has 0 unspecified atom stereocenters. The molecule has 1 aliphatic heterocycles. The maximum atomic E-state index is 13.9. The van der Waals surface area contributed by atoms with Crippen molar-refractivity contribution < 1.29 is 38.1 Å². The molecule has 0 saturated heterocycles. The van der Waals surface area contributed by atoms with Crippen LogP contribution in [0.25, 0.3) is 0 Å². The highest BCUT2D eigenvalue weighted by atomic mass is 16.6. The van der Waals surface area contributed by atoms with E-state index in [0.717, 1.165) is 5.56 Å². The first kappa shape index (κ1) is 32.7. The molecule has 12 heteroatoms. The number of amides is 1. The first-order chi connectivity index (χ1) is 20.3. The van der Waals surface area contributed by atoms with E-state index in [1.165, 1.54) is 7.11 Å². The van der Waals surface area contributed by atoms with Gasteiger partial charge in [0.25, 0.3) is 0 Å². The Kier molecular flexibility index (Phi) is 10.6. The van der Waals surface area contributed by atoms with Gasteiger partial charge >= 0.3 is 18.0 Å². The first-order valence-corrected chi connectivity index (χ1v) is 13.9.